The van der Waals surface area contributed by atoms with Crippen LogP contribution in [0.25, 0.3) is 0 Å². The summed E-state index contributed by atoms with van der Waals surface area (Å²) >= 11 is 0. The maximum absolute atomic E-state index is 12.7. The van der Waals surface area contributed by atoms with Crippen molar-refractivity contribution in [2.24, 2.45) is 0 Å². The number of benzene rings is 1. The highest BCUT2D eigenvalue weighted by Crippen LogP contribution is 2.16. The van der Waals surface area contributed by atoms with Gasteiger partial charge in [0.25, 0.3) is 0 Å². The van der Waals surface area contributed by atoms with E-state index in [1.54, 1.807) is 12.1 Å². The van der Waals surface area contributed by atoms with Crippen molar-refractivity contribution in [2.75, 3.05) is 13.2 Å². The molecule has 0 aliphatic carbocycles. The molecule has 2 unspecified atom stereocenters. The van der Waals surface area contributed by atoms with E-state index in [-0.39, 0.29) is 18.5 Å². The number of halogens is 1. The lowest BCUT2D eigenvalue weighted by atomic mass is 10.0. The van der Waals surface area contributed by atoms with Crippen LogP contribution in [0.15, 0.2) is 24.3 Å². The molecule has 0 radical (unpaired) electrons. The number of rotatable bonds is 6. The van der Waals surface area contributed by atoms with Crippen LogP contribution in [0.4, 0.5) is 4.39 Å². The van der Waals surface area contributed by atoms with Gasteiger partial charge in [-0.2, -0.15) is 0 Å². The summed E-state index contributed by atoms with van der Waals surface area (Å²) in [4.78, 5) is 0. The van der Waals surface area contributed by atoms with Crippen molar-refractivity contribution in [3.63, 3.8) is 0 Å². The van der Waals surface area contributed by atoms with Gasteiger partial charge >= 0.3 is 0 Å². The molecular formula is C12H18FNO2. The molecule has 90 valence electrons. The van der Waals surface area contributed by atoms with Gasteiger partial charge in [0.05, 0.1) is 6.10 Å². The molecule has 2 atom stereocenters. The number of hydrogen-bond donors (Lipinski definition) is 3. The van der Waals surface area contributed by atoms with E-state index in [0.29, 0.717) is 18.5 Å². The zero-order valence-corrected chi connectivity index (χ0v) is 9.36. The molecule has 3 nitrogen and oxygen atoms in total. The van der Waals surface area contributed by atoms with Crippen molar-refractivity contribution in [2.45, 2.75) is 25.5 Å². The minimum absolute atomic E-state index is 0.128. The minimum atomic E-state index is -0.667. The summed E-state index contributed by atoms with van der Waals surface area (Å²) in [7, 11) is 0. The normalized spacial score (nSPS) is 14.8. The maximum Gasteiger partial charge on any atom is 0.123 e. The standard InChI is InChI=1S/C12H18FNO2/c1-9(14-7-2-8-15)12(16)10-3-5-11(13)6-4-10/h3-6,9,12,14-16H,2,7-8H2,1H3. The Labute approximate surface area is 94.9 Å². The number of nitrogens with one attached hydrogen (secondary N) is 1. The van der Waals surface area contributed by atoms with E-state index in [9.17, 15) is 9.50 Å². The van der Waals surface area contributed by atoms with Gasteiger partial charge in [0.15, 0.2) is 0 Å². The second-order valence-corrected chi connectivity index (χ2v) is 3.82. The van der Waals surface area contributed by atoms with E-state index in [1.807, 2.05) is 6.92 Å². The quantitative estimate of drug-likeness (QED) is 0.640. The summed E-state index contributed by atoms with van der Waals surface area (Å²) in [6.07, 6.45) is -0.0141. The largest absolute Gasteiger partial charge is 0.396 e. The Morgan fingerprint density at radius 1 is 1.31 bits per heavy atom. The molecule has 1 aromatic carbocycles. The lowest BCUT2D eigenvalue weighted by molar-refractivity contribution is 0.134. The van der Waals surface area contributed by atoms with Gasteiger partial charge in [-0.3, -0.25) is 0 Å². The second kappa shape index (κ2) is 6.58. The van der Waals surface area contributed by atoms with Gasteiger partial charge in [-0.25, -0.2) is 4.39 Å². The smallest absolute Gasteiger partial charge is 0.123 e. The average Bonchev–Trinajstić information content (AvgIpc) is 2.29. The zero-order chi connectivity index (χ0) is 12.0. The predicted octanol–water partition coefficient (Wildman–Crippen LogP) is 1.22. The molecule has 0 aliphatic heterocycles. The Bertz CT molecular complexity index is 302. The van der Waals surface area contributed by atoms with Gasteiger partial charge in [0.2, 0.25) is 0 Å². The highest BCUT2D eigenvalue weighted by atomic mass is 19.1. The van der Waals surface area contributed by atoms with E-state index in [1.165, 1.54) is 12.1 Å². The fourth-order valence-electron chi connectivity index (χ4n) is 1.47. The molecule has 0 fully saturated rings. The maximum atomic E-state index is 12.7. The van der Waals surface area contributed by atoms with Crippen LogP contribution in [-0.4, -0.2) is 29.4 Å². The molecule has 0 saturated heterocycles. The van der Waals surface area contributed by atoms with E-state index >= 15 is 0 Å². The van der Waals surface area contributed by atoms with Crippen molar-refractivity contribution in [3.8, 4) is 0 Å². The minimum Gasteiger partial charge on any atom is -0.396 e. The van der Waals surface area contributed by atoms with E-state index in [0.717, 1.165) is 0 Å². The van der Waals surface area contributed by atoms with Gasteiger partial charge in [0.1, 0.15) is 5.82 Å². The van der Waals surface area contributed by atoms with Crippen molar-refractivity contribution in [3.05, 3.63) is 35.6 Å². The Kier molecular flexibility index (Phi) is 5.38. The van der Waals surface area contributed by atoms with Crippen LogP contribution in [0.3, 0.4) is 0 Å². The Morgan fingerprint density at radius 3 is 2.50 bits per heavy atom. The Hall–Kier alpha value is -0.970. The van der Waals surface area contributed by atoms with Gasteiger partial charge in [-0.15, -0.1) is 0 Å². The topological polar surface area (TPSA) is 52.5 Å². The summed E-state index contributed by atoms with van der Waals surface area (Å²) in [5.74, 6) is -0.308. The monoisotopic (exact) mass is 227 g/mol. The predicted molar refractivity (Wildman–Crippen MR) is 60.5 cm³/mol. The van der Waals surface area contributed by atoms with Gasteiger partial charge in [0, 0.05) is 12.6 Å². The lowest BCUT2D eigenvalue weighted by Gasteiger charge is -2.20. The summed E-state index contributed by atoms with van der Waals surface area (Å²) in [6.45, 7) is 2.63. The molecule has 0 amide bonds. The first-order valence-corrected chi connectivity index (χ1v) is 5.43. The van der Waals surface area contributed by atoms with Crippen LogP contribution in [0.1, 0.15) is 25.0 Å². The van der Waals surface area contributed by atoms with Gasteiger partial charge in [-0.1, -0.05) is 12.1 Å². The van der Waals surface area contributed by atoms with E-state index in [4.69, 9.17) is 5.11 Å². The molecule has 16 heavy (non-hydrogen) atoms. The van der Waals surface area contributed by atoms with Gasteiger partial charge in [-0.05, 0) is 37.6 Å². The molecule has 0 heterocycles. The fourth-order valence-corrected chi connectivity index (χ4v) is 1.47. The highest BCUT2D eigenvalue weighted by Gasteiger charge is 2.15. The van der Waals surface area contributed by atoms with Crippen LogP contribution >= 0.6 is 0 Å². The third kappa shape index (κ3) is 3.89. The molecular weight excluding hydrogens is 209 g/mol. The van der Waals surface area contributed by atoms with Crippen LogP contribution in [0.2, 0.25) is 0 Å². The van der Waals surface area contributed by atoms with Crippen molar-refractivity contribution in [1.82, 2.24) is 5.32 Å². The average molecular weight is 227 g/mol. The summed E-state index contributed by atoms with van der Waals surface area (Å²) in [6, 6.07) is 5.68. The lowest BCUT2D eigenvalue weighted by Crippen LogP contribution is -2.33. The van der Waals surface area contributed by atoms with Crippen molar-refractivity contribution >= 4 is 0 Å². The van der Waals surface area contributed by atoms with Crippen molar-refractivity contribution < 1.29 is 14.6 Å². The highest BCUT2D eigenvalue weighted by molar-refractivity contribution is 5.19. The molecule has 1 aromatic rings. The second-order valence-electron chi connectivity index (χ2n) is 3.82. The SMILES string of the molecule is CC(NCCCO)C(O)c1ccc(F)cc1. The first-order valence-electron chi connectivity index (χ1n) is 5.43. The summed E-state index contributed by atoms with van der Waals surface area (Å²) < 4.78 is 12.7. The van der Waals surface area contributed by atoms with Crippen LogP contribution in [0, 0.1) is 5.82 Å². The Balaban J connectivity index is 2.49. The van der Waals surface area contributed by atoms with Crippen molar-refractivity contribution in [1.29, 1.82) is 0 Å². The molecule has 0 spiro atoms. The molecule has 0 aliphatic rings. The zero-order valence-electron chi connectivity index (χ0n) is 9.36. The van der Waals surface area contributed by atoms with E-state index in [2.05, 4.69) is 5.32 Å². The molecule has 1 rings (SSSR count). The third-order valence-corrected chi connectivity index (χ3v) is 2.49. The number of aliphatic hydroxyl groups is 2. The Morgan fingerprint density at radius 2 is 1.94 bits per heavy atom. The van der Waals surface area contributed by atoms with E-state index < -0.39 is 6.10 Å². The fraction of sp³-hybridized carbons (Fsp3) is 0.500. The third-order valence-electron chi connectivity index (χ3n) is 2.49. The van der Waals surface area contributed by atoms with Crippen LogP contribution in [0.5, 0.6) is 0 Å². The molecule has 3 N–H and O–H groups in total. The first-order chi connectivity index (χ1) is 7.65. The number of hydrogen-bond acceptors (Lipinski definition) is 3. The summed E-state index contributed by atoms with van der Waals surface area (Å²) in [5, 5.41) is 21.6. The molecule has 0 aromatic heterocycles. The molecule has 0 saturated carbocycles. The number of aliphatic hydroxyl groups excluding tert-OH is 2. The first kappa shape index (κ1) is 13.1. The van der Waals surface area contributed by atoms with Crippen LogP contribution < -0.4 is 5.32 Å². The molecule has 0 bridgehead atoms. The van der Waals surface area contributed by atoms with Gasteiger partial charge < -0.3 is 15.5 Å². The van der Waals surface area contributed by atoms with Crippen LogP contribution in [-0.2, 0) is 0 Å². The summed E-state index contributed by atoms with van der Waals surface area (Å²) in [5.41, 5.74) is 0.686. The molecule has 4 heteroatoms.